The molecule has 1 heterocycles. The van der Waals surface area contributed by atoms with Gasteiger partial charge in [-0.3, -0.25) is 24.0 Å². The van der Waals surface area contributed by atoms with Gasteiger partial charge in [-0.1, -0.05) is 0 Å². The minimum Gasteiger partial charge on any atom is -0.502 e. The number of anilines is 2. The minimum absolute atomic E-state index is 0. The Balaban J connectivity index is 0.00000588. The van der Waals surface area contributed by atoms with Crippen LogP contribution in [0.15, 0.2) is 57.7 Å². The average Bonchev–Trinajstić information content (AvgIpc) is 2.95. The van der Waals surface area contributed by atoms with Gasteiger partial charge in [-0.15, -0.1) is 12.4 Å². The van der Waals surface area contributed by atoms with Crippen LogP contribution >= 0.6 is 12.4 Å². The first-order valence-electron chi connectivity index (χ1n) is 11.7. The van der Waals surface area contributed by atoms with Gasteiger partial charge in [-0.2, -0.15) is 0 Å². The van der Waals surface area contributed by atoms with Crippen LogP contribution in [0.2, 0.25) is 0 Å². The molecule has 3 aromatic rings. The molecule has 0 aliphatic heterocycles. The zero-order valence-corrected chi connectivity index (χ0v) is 22.1. The van der Waals surface area contributed by atoms with Crippen molar-refractivity contribution in [3.8, 4) is 5.75 Å². The number of nitrogens with one attached hydrogen (secondary N) is 4. The fourth-order valence-electron chi connectivity index (χ4n) is 3.45. The molecule has 0 saturated carbocycles. The van der Waals surface area contributed by atoms with E-state index in [9.17, 15) is 34.2 Å². The topological polar surface area (TPSA) is 228 Å². The fourth-order valence-corrected chi connectivity index (χ4v) is 3.45. The molecule has 0 atom stereocenters. The Bertz CT molecular complexity index is 1460. The summed E-state index contributed by atoms with van der Waals surface area (Å²) in [6.07, 6.45) is 0. The zero-order chi connectivity index (χ0) is 29.2. The molecule has 41 heavy (non-hydrogen) atoms. The normalized spacial score (nSPS) is 10.2. The summed E-state index contributed by atoms with van der Waals surface area (Å²) < 4.78 is 5.57. The van der Waals surface area contributed by atoms with Crippen molar-refractivity contribution in [2.45, 2.75) is 19.7 Å². The maximum absolute atomic E-state index is 12.8. The van der Waals surface area contributed by atoms with Crippen molar-refractivity contribution >= 4 is 47.5 Å². The second kappa shape index (κ2) is 14.9. The molecule has 0 fully saturated rings. The lowest BCUT2D eigenvalue weighted by Gasteiger charge is -2.13. The van der Waals surface area contributed by atoms with Crippen molar-refractivity contribution < 1.29 is 44.0 Å². The number of carbonyl (C=O) groups is 4. The number of aliphatic carboxylic acids is 2. The van der Waals surface area contributed by atoms with E-state index in [0.717, 1.165) is 0 Å². The number of amides is 2. The minimum atomic E-state index is -1.17. The van der Waals surface area contributed by atoms with Gasteiger partial charge in [0, 0.05) is 29.0 Å². The maximum atomic E-state index is 12.8. The Morgan fingerprint density at radius 2 is 1.15 bits per heavy atom. The number of benzene rings is 2. The van der Waals surface area contributed by atoms with E-state index in [-0.39, 0.29) is 53.7 Å². The SMILES string of the molecule is Cl.O=C(O)CNC(=O)c1ccc(NCc2oc(CO)c(CNc3ccc(C(=O)NCC(=O)O)cc3)c(=O)c2O)cc1. The van der Waals surface area contributed by atoms with E-state index in [4.69, 9.17) is 14.6 Å². The Morgan fingerprint density at radius 1 is 0.707 bits per heavy atom. The quantitative estimate of drug-likeness (QED) is 0.140. The first-order chi connectivity index (χ1) is 19.1. The molecule has 8 N–H and O–H groups in total. The van der Waals surface area contributed by atoms with E-state index >= 15 is 0 Å². The van der Waals surface area contributed by atoms with Crippen LogP contribution < -0.4 is 26.7 Å². The summed E-state index contributed by atoms with van der Waals surface area (Å²) in [5, 5.41) is 47.8. The molecule has 0 radical (unpaired) electrons. The van der Waals surface area contributed by atoms with Gasteiger partial charge in [0.25, 0.3) is 11.8 Å². The van der Waals surface area contributed by atoms with E-state index in [0.29, 0.717) is 11.4 Å². The molecule has 218 valence electrons. The molecule has 0 unspecified atom stereocenters. The third-order valence-electron chi connectivity index (χ3n) is 5.50. The molecular weight excluding hydrogens is 564 g/mol. The summed E-state index contributed by atoms with van der Waals surface area (Å²) >= 11 is 0. The lowest BCUT2D eigenvalue weighted by atomic mass is 10.1. The average molecular weight is 591 g/mol. The molecule has 0 saturated heterocycles. The van der Waals surface area contributed by atoms with Crippen LogP contribution in [-0.2, 0) is 29.3 Å². The molecule has 2 amide bonds. The van der Waals surface area contributed by atoms with E-state index in [1.165, 1.54) is 48.5 Å². The van der Waals surface area contributed by atoms with Crippen molar-refractivity contribution in [2.24, 2.45) is 0 Å². The number of rotatable bonds is 13. The number of aliphatic hydroxyl groups is 1. The molecule has 0 spiro atoms. The Hall–Kier alpha value is -5.08. The van der Waals surface area contributed by atoms with Crippen LogP contribution in [0.4, 0.5) is 11.4 Å². The summed E-state index contributed by atoms with van der Waals surface area (Å²) in [4.78, 5) is 57.8. The number of aliphatic hydroxyl groups excluding tert-OH is 1. The lowest BCUT2D eigenvalue weighted by Crippen LogP contribution is -2.29. The Labute approximate surface area is 238 Å². The van der Waals surface area contributed by atoms with Crippen LogP contribution in [0.5, 0.6) is 5.75 Å². The number of aromatic hydroxyl groups is 1. The number of hydrogen-bond acceptors (Lipinski definition) is 10. The first-order valence-corrected chi connectivity index (χ1v) is 11.7. The molecule has 14 nitrogen and oxygen atoms in total. The van der Waals surface area contributed by atoms with Crippen LogP contribution in [0.3, 0.4) is 0 Å². The molecule has 0 aliphatic carbocycles. The lowest BCUT2D eigenvalue weighted by molar-refractivity contribution is -0.136. The molecule has 0 bridgehead atoms. The van der Waals surface area contributed by atoms with Crippen molar-refractivity contribution in [1.82, 2.24) is 10.6 Å². The standard InChI is InChI=1S/C26H26N4O10.ClH/c31-13-20-18(9-27-16-5-1-14(2-6-16)25(38)29-11-21(32)33)23(36)24(37)19(40-20)10-28-17-7-3-15(4-8-17)26(39)30-12-22(34)35;/h1-8,27-28,31,37H,9-13H2,(H,29,38)(H,30,39)(H,32,33)(H,34,35);1H. The second-order valence-corrected chi connectivity index (χ2v) is 8.28. The highest BCUT2D eigenvalue weighted by Crippen LogP contribution is 2.21. The van der Waals surface area contributed by atoms with Crippen LogP contribution in [0.1, 0.15) is 37.8 Å². The van der Waals surface area contributed by atoms with Gasteiger partial charge in [0.2, 0.25) is 11.2 Å². The second-order valence-electron chi connectivity index (χ2n) is 8.28. The summed E-state index contributed by atoms with van der Waals surface area (Å²) in [6.45, 7) is -1.90. The summed E-state index contributed by atoms with van der Waals surface area (Å²) in [7, 11) is 0. The van der Waals surface area contributed by atoms with Crippen molar-refractivity contribution in [3.05, 3.63) is 87.0 Å². The fraction of sp³-hybridized carbons (Fsp3) is 0.192. The van der Waals surface area contributed by atoms with E-state index in [1.807, 2.05) is 0 Å². The highest BCUT2D eigenvalue weighted by Gasteiger charge is 2.19. The van der Waals surface area contributed by atoms with E-state index in [2.05, 4.69) is 21.3 Å². The molecule has 3 rings (SSSR count). The molecule has 15 heteroatoms. The predicted octanol–water partition coefficient (Wildman–Crippen LogP) is 1.11. The van der Waals surface area contributed by atoms with Crippen molar-refractivity contribution in [2.75, 3.05) is 23.7 Å². The largest absolute Gasteiger partial charge is 0.502 e. The monoisotopic (exact) mass is 590 g/mol. The number of carboxylic acid groups (broad SMARTS) is 2. The van der Waals surface area contributed by atoms with Gasteiger partial charge < -0.3 is 46.1 Å². The molecule has 0 aliphatic rings. The molecular formula is C26H27ClN4O10. The molecule has 1 aromatic heterocycles. The summed E-state index contributed by atoms with van der Waals surface area (Å²) in [5.74, 6) is -4.33. The third-order valence-corrected chi connectivity index (χ3v) is 5.50. The summed E-state index contributed by atoms with van der Waals surface area (Å²) in [5.41, 5.74) is 0.708. The number of carboxylic acids is 2. The number of hydrogen-bond donors (Lipinski definition) is 8. The van der Waals surface area contributed by atoms with Crippen molar-refractivity contribution in [3.63, 3.8) is 0 Å². The first kappa shape index (κ1) is 32.1. The van der Waals surface area contributed by atoms with Gasteiger partial charge in [0.05, 0.1) is 12.1 Å². The molecule has 2 aromatic carbocycles. The number of carbonyl (C=O) groups excluding carboxylic acids is 2. The van der Waals surface area contributed by atoms with Gasteiger partial charge in [0.15, 0.2) is 5.76 Å². The van der Waals surface area contributed by atoms with Gasteiger partial charge in [-0.05, 0) is 48.5 Å². The third kappa shape index (κ3) is 8.98. The highest BCUT2D eigenvalue weighted by atomic mass is 35.5. The summed E-state index contributed by atoms with van der Waals surface area (Å²) in [6, 6.07) is 12.0. The Kier molecular flexibility index (Phi) is 11.7. The highest BCUT2D eigenvalue weighted by molar-refractivity contribution is 5.96. The van der Waals surface area contributed by atoms with Crippen molar-refractivity contribution in [1.29, 1.82) is 0 Å². The van der Waals surface area contributed by atoms with E-state index < -0.39 is 54.6 Å². The van der Waals surface area contributed by atoms with Gasteiger partial charge in [0.1, 0.15) is 25.5 Å². The zero-order valence-electron chi connectivity index (χ0n) is 21.3. The number of halogens is 1. The van der Waals surface area contributed by atoms with Gasteiger partial charge in [-0.25, -0.2) is 0 Å². The predicted molar refractivity (Wildman–Crippen MR) is 147 cm³/mol. The van der Waals surface area contributed by atoms with Crippen LogP contribution in [0, 0.1) is 0 Å². The smallest absolute Gasteiger partial charge is 0.322 e. The van der Waals surface area contributed by atoms with Crippen LogP contribution in [0.25, 0.3) is 0 Å². The van der Waals surface area contributed by atoms with E-state index in [1.54, 1.807) is 0 Å². The van der Waals surface area contributed by atoms with Crippen LogP contribution in [-0.4, -0.2) is 57.3 Å². The van der Waals surface area contributed by atoms with Gasteiger partial charge >= 0.3 is 11.9 Å². The Morgan fingerprint density at radius 3 is 1.56 bits per heavy atom. The maximum Gasteiger partial charge on any atom is 0.322 e.